The average molecular weight is 493 g/mol. The van der Waals surface area contributed by atoms with Gasteiger partial charge in [-0.05, 0) is 31.0 Å². The van der Waals surface area contributed by atoms with Crippen LogP contribution in [-0.2, 0) is 13.0 Å². The first-order chi connectivity index (χ1) is 15.8. The Kier molecular flexibility index (Phi) is 7.78. The summed E-state index contributed by atoms with van der Waals surface area (Å²) in [6.45, 7) is 2.13. The van der Waals surface area contributed by atoms with Crippen LogP contribution in [0.3, 0.4) is 0 Å². The normalized spacial score (nSPS) is 10.7. The summed E-state index contributed by atoms with van der Waals surface area (Å²) in [6.07, 6.45) is 0.201. The number of nitro groups is 1. The number of carbonyl (C=O) groups is 1. The van der Waals surface area contributed by atoms with Crippen molar-refractivity contribution in [2.75, 3.05) is 20.8 Å². The maximum Gasteiger partial charge on any atom is 0.276 e. The van der Waals surface area contributed by atoms with Gasteiger partial charge in [0.1, 0.15) is 5.15 Å². The molecule has 0 saturated heterocycles. The van der Waals surface area contributed by atoms with Gasteiger partial charge in [0.2, 0.25) is 0 Å². The fraction of sp³-hybridized carbons (Fsp3) is 0.273. The summed E-state index contributed by atoms with van der Waals surface area (Å²) in [5.74, 6) is 0.195. The number of nitro benzene ring substituents is 1. The molecular weight excluding hydrogens is 471 g/mol. The number of halogens is 2. The van der Waals surface area contributed by atoms with Crippen LogP contribution in [0.15, 0.2) is 36.4 Å². The number of nitrogens with one attached hydrogen (secondary N) is 1. The van der Waals surface area contributed by atoms with Gasteiger partial charge in [0.05, 0.1) is 43.0 Å². The minimum atomic E-state index is -0.501. The molecule has 0 aliphatic heterocycles. The SMILES string of the molecule is COc1cc(CCNC(=O)c2c(C)nn(Cc3ccccc3Cl)c2Cl)c([N+](=O)[O-])cc1OC. The van der Waals surface area contributed by atoms with Gasteiger partial charge in [-0.15, -0.1) is 0 Å². The van der Waals surface area contributed by atoms with E-state index in [1.165, 1.54) is 31.0 Å². The van der Waals surface area contributed by atoms with Crippen LogP contribution in [0.4, 0.5) is 5.69 Å². The monoisotopic (exact) mass is 492 g/mol. The molecule has 1 heterocycles. The molecule has 2 aromatic carbocycles. The van der Waals surface area contributed by atoms with Crippen molar-refractivity contribution in [2.24, 2.45) is 0 Å². The first kappa shape index (κ1) is 24.3. The van der Waals surface area contributed by atoms with Crippen LogP contribution < -0.4 is 14.8 Å². The lowest BCUT2D eigenvalue weighted by molar-refractivity contribution is -0.385. The van der Waals surface area contributed by atoms with Crippen molar-refractivity contribution in [1.29, 1.82) is 0 Å². The Morgan fingerprint density at radius 2 is 1.82 bits per heavy atom. The minimum Gasteiger partial charge on any atom is -0.493 e. The van der Waals surface area contributed by atoms with E-state index >= 15 is 0 Å². The third-order valence-electron chi connectivity index (χ3n) is 5.03. The molecule has 0 saturated carbocycles. The highest BCUT2D eigenvalue weighted by Crippen LogP contribution is 2.34. The minimum absolute atomic E-state index is 0.122. The molecule has 3 rings (SSSR count). The van der Waals surface area contributed by atoms with Gasteiger partial charge in [0, 0.05) is 17.1 Å². The predicted octanol–water partition coefficient (Wildman–Crippen LogP) is 4.44. The molecule has 9 nitrogen and oxygen atoms in total. The third-order valence-corrected chi connectivity index (χ3v) is 5.78. The lowest BCUT2D eigenvalue weighted by Crippen LogP contribution is -2.26. The molecular formula is C22H22Cl2N4O5. The van der Waals surface area contributed by atoms with Crippen molar-refractivity contribution in [2.45, 2.75) is 19.9 Å². The van der Waals surface area contributed by atoms with E-state index in [-0.39, 0.29) is 35.1 Å². The van der Waals surface area contributed by atoms with Gasteiger partial charge in [-0.3, -0.25) is 14.9 Å². The number of carbonyl (C=O) groups excluding carboxylic acids is 1. The molecule has 3 aromatic rings. The summed E-state index contributed by atoms with van der Waals surface area (Å²) in [5.41, 5.74) is 1.79. The summed E-state index contributed by atoms with van der Waals surface area (Å²) in [4.78, 5) is 23.8. The quantitative estimate of drug-likeness (QED) is 0.349. The summed E-state index contributed by atoms with van der Waals surface area (Å²) >= 11 is 12.6. The van der Waals surface area contributed by atoms with E-state index in [2.05, 4.69) is 10.4 Å². The Morgan fingerprint density at radius 3 is 2.45 bits per heavy atom. The van der Waals surface area contributed by atoms with Crippen molar-refractivity contribution < 1.29 is 19.2 Å². The van der Waals surface area contributed by atoms with Crippen LogP contribution >= 0.6 is 23.2 Å². The van der Waals surface area contributed by atoms with Gasteiger partial charge in [-0.2, -0.15) is 5.10 Å². The summed E-state index contributed by atoms with van der Waals surface area (Å²) in [6, 6.07) is 10.1. The van der Waals surface area contributed by atoms with E-state index in [1.807, 2.05) is 18.2 Å². The van der Waals surface area contributed by atoms with Gasteiger partial charge in [-0.1, -0.05) is 41.4 Å². The van der Waals surface area contributed by atoms with E-state index in [9.17, 15) is 14.9 Å². The van der Waals surface area contributed by atoms with Crippen LogP contribution in [-0.4, -0.2) is 41.4 Å². The van der Waals surface area contributed by atoms with E-state index < -0.39 is 10.8 Å². The number of rotatable bonds is 9. The van der Waals surface area contributed by atoms with E-state index in [4.69, 9.17) is 32.7 Å². The number of ether oxygens (including phenoxy) is 2. The molecule has 0 radical (unpaired) electrons. The second-order valence-electron chi connectivity index (χ2n) is 7.10. The fourth-order valence-electron chi connectivity index (χ4n) is 3.38. The highest BCUT2D eigenvalue weighted by molar-refractivity contribution is 6.33. The van der Waals surface area contributed by atoms with Gasteiger partial charge in [0.25, 0.3) is 11.6 Å². The van der Waals surface area contributed by atoms with Crippen LogP contribution in [0.2, 0.25) is 10.2 Å². The Bertz CT molecular complexity index is 1200. The van der Waals surface area contributed by atoms with Crippen LogP contribution in [0, 0.1) is 17.0 Å². The molecule has 1 amide bonds. The maximum atomic E-state index is 12.8. The highest BCUT2D eigenvalue weighted by Gasteiger charge is 2.22. The summed E-state index contributed by atoms with van der Waals surface area (Å²) in [5, 5.41) is 19.3. The highest BCUT2D eigenvalue weighted by atomic mass is 35.5. The molecule has 0 spiro atoms. The number of amides is 1. The van der Waals surface area contributed by atoms with Crippen molar-refractivity contribution in [3.63, 3.8) is 0 Å². The maximum absolute atomic E-state index is 12.8. The molecule has 11 heteroatoms. The smallest absolute Gasteiger partial charge is 0.276 e. The van der Waals surface area contributed by atoms with E-state index in [1.54, 1.807) is 13.0 Å². The van der Waals surface area contributed by atoms with Crippen LogP contribution in [0.1, 0.15) is 27.2 Å². The van der Waals surface area contributed by atoms with Crippen molar-refractivity contribution in [1.82, 2.24) is 15.1 Å². The number of aromatic nitrogens is 2. The number of hydrogen-bond donors (Lipinski definition) is 1. The fourth-order valence-corrected chi connectivity index (χ4v) is 3.90. The molecule has 0 bridgehead atoms. The molecule has 0 fully saturated rings. The second kappa shape index (κ2) is 10.5. The zero-order chi connectivity index (χ0) is 24.1. The molecule has 0 aliphatic rings. The number of nitrogens with zero attached hydrogens (tertiary/aromatic N) is 3. The molecule has 0 unspecified atom stereocenters. The number of methoxy groups -OCH3 is 2. The Hall–Kier alpha value is -3.30. The molecule has 33 heavy (non-hydrogen) atoms. The van der Waals surface area contributed by atoms with Crippen molar-refractivity contribution >= 4 is 34.8 Å². The molecule has 0 atom stereocenters. The van der Waals surface area contributed by atoms with E-state index in [0.717, 1.165) is 5.56 Å². The van der Waals surface area contributed by atoms with Crippen molar-refractivity contribution in [3.05, 3.63) is 79.1 Å². The molecule has 1 N–H and O–H groups in total. The first-order valence-electron chi connectivity index (χ1n) is 9.90. The van der Waals surface area contributed by atoms with Crippen LogP contribution in [0.5, 0.6) is 11.5 Å². The standard InChI is InChI=1S/C22H22Cl2N4O5/c1-13-20(21(24)27(26-13)12-15-6-4-5-7-16(15)23)22(29)25-9-8-14-10-18(32-2)19(33-3)11-17(14)28(30)31/h4-7,10-11H,8-9,12H2,1-3H3,(H,25,29). The zero-order valence-electron chi connectivity index (χ0n) is 18.2. The van der Waals surface area contributed by atoms with Gasteiger partial charge in [0.15, 0.2) is 11.5 Å². The van der Waals surface area contributed by atoms with Gasteiger partial charge >= 0.3 is 0 Å². The zero-order valence-corrected chi connectivity index (χ0v) is 19.7. The average Bonchev–Trinajstić information content (AvgIpc) is 3.07. The topological polar surface area (TPSA) is 109 Å². The lowest BCUT2D eigenvalue weighted by Gasteiger charge is -2.11. The van der Waals surface area contributed by atoms with Gasteiger partial charge < -0.3 is 14.8 Å². The lowest BCUT2D eigenvalue weighted by atomic mass is 10.1. The second-order valence-corrected chi connectivity index (χ2v) is 7.86. The molecule has 174 valence electrons. The number of benzene rings is 2. The van der Waals surface area contributed by atoms with E-state index in [0.29, 0.717) is 28.6 Å². The van der Waals surface area contributed by atoms with Gasteiger partial charge in [-0.25, -0.2) is 4.68 Å². The number of aryl methyl sites for hydroxylation is 1. The largest absolute Gasteiger partial charge is 0.493 e. The molecule has 1 aromatic heterocycles. The first-order valence-corrected chi connectivity index (χ1v) is 10.7. The Morgan fingerprint density at radius 1 is 1.15 bits per heavy atom. The van der Waals surface area contributed by atoms with Crippen LogP contribution in [0.25, 0.3) is 0 Å². The summed E-state index contributed by atoms with van der Waals surface area (Å²) in [7, 11) is 2.85. The third kappa shape index (κ3) is 5.37. The van der Waals surface area contributed by atoms with Crippen molar-refractivity contribution in [3.8, 4) is 11.5 Å². The molecule has 0 aliphatic carbocycles. The number of hydrogen-bond acceptors (Lipinski definition) is 6. The predicted molar refractivity (Wildman–Crippen MR) is 125 cm³/mol. The Labute approximate surface area is 200 Å². The summed E-state index contributed by atoms with van der Waals surface area (Å²) < 4.78 is 11.9. The Balaban J connectivity index is 1.74.